The number of benzene rings is 1. The molecule has 1 aliphatic rings. The summed E-state index contributed by atoms with van der Waals surface area (Å²) in [6.45, 7) is 4.20. The van der Waals surface area contributed by atoms with Crippen LogP contribution in [-0.4, -0.2) is 70.7 Å². The van der Waals surface area contributed by atoms with E-state index in [1.54, 1.807) is 11.8 Å². The van der Waals surface area contributed by atoms with E-state index in [0.29, 0.717) is 32.6 Å². The molecule has 0 bridgehead atoms. The highest BCUT2D eigenvalue weighted by Crippen LogP contribution is 2.18. The monoisotopic (exact) mass is 373 g/mol. The molecule has 1 fully saturated rings. The number of piperazine rings is 1. The van der Waals surface area contributed by atoms with E-state index in [2.05, 4.69) is 21.5 Å². The summed E-state index contributed by atoms with van der Waals surface area (Å²) in [7, 11) is 1.86. The van der Waals surface area contributed by atoms with E-state index >= 15 is 0 Å². The normalized spacial score (nSPS) is 14.4. The Kier molecular flexibility index (Phi) is 5.82. The molecule has 0 radical (unpaired) electrons. The highest BCUT2D eigenvalue weighted by molar-refractivity contribution is 7.09. The van der Waals surface area contributed by atoms with Gasteiger partial charge in [-0.15, -0.1) is 0 Å². The molecule has 8 heteroatoms. The lowest BCUT2D eigenvalue weighted by Gasteiger charge is -2.34. The number of amides is 2. The number of carbonyl (C=O) groups excluding carboxylic acids is 2. The minimum absolute atomic E-state index is 0.0514. The van der Waals surface area contributed by atoms with Crippen LogP contribution < -0.4 is 4.90 Å². The summed E-state index contributed by atoms with van der Waals surface area (Å²) in [5.74, 6) is 0.884. The Morgan fingerprint density at radius 2 is 1.77 bits per heavy atom. The number of anilines is 1. The first-order valence-electron chi connectivity index (χ1n) is 8.64. The molecule has 0 spiro atoms. The molecule has 0 atom stereocenters. The van der Waals surface area contributed by atoms with Crippen LogP contribution in [0.25, 0.3) is 0 Å². The van der Waals surface area contributed by atoms with Crippen LogP contribution in [0.1, 0.15) is 18.3 Å². The molecule has 1 aromatic heterocycles. The minimum atomic E-state index is 0.0514. The van der Waals surface area contributed by atoms with Crippen molar-refractivity contribution in [1.29, 1.82) is 0 Å². The Morgan fingerprint density at radius 3 is 2.42 bits per heavy atom. The van der Waals surface area contributed by atoms with Crippen LogP contribution in [0.2, 0.25) is 0 Å². The quantitative estimate of drug-likeness (QED) is 0.789. The molecule has 1 saturated heterocycles. The van der Waals surface area contributed by atoms with Crippen LogP contribution in [-0.2, 0) is 16.0 Å². The second-order valence-electron chi connectivity index (χ2n) is 6.40. The highest BCUT2D eigenvalue weighted by Gasteiger charge is 2.23. The molecular weight excluding hydrogens is 350 g/mol. The van der Waals surface area contributed by atoms with Crippen LogP contribution in [0.5, 0.6) is 0 Å². The molecular formula is C18H23N5O2S. The van der Waals surface area contributed by atoms with Crippen LogP contribution >= 0.6 is 11.5 Å². The molecule has 0 unspecified atom stereocenters. The van der Waals surface area contributed by atoms with Crippen LogP contribution in [0.15, 0.2) is 30.3 Å². The fourth-order valence-corrected chi connectivity index (χ4v) is 3.53. The second kappa shape index (κ2) is 8.27. The van der Waals surface area contributed by atoms with Gasteiger partial charge in [-0.25, -0.2) is 4.98 Å². The molecule has 0 saturated carbocycles. The van der Waals surface area contributed by atoms with Gasteiger partial charge >= 0.3 is 0 Å². The van der Waals surface area contributed by atoms with E-state index in [9.17, 15) is 9.59 Å². The number of rotatable bonds is 5. The Morgan fingerprint density at radius 1 is 1.12 bits per heavy atom. The lowest BCUT2D eigenvalue weighted by molar-refractivity contribution is -0.137. The van der Waals surface area contributed by atoms with Crippen molar-refractivity contribution >= 4 is 28.5 Å². The first-order chi connectivity index (χ1) is 12.5. The summed E-state index contributed by atoms with van der Waals surface area (Å²) in [5.41, 5.74) is 1.17. The zero-order valence-electron chi connectivity index (χ0n) is 15.1. The van der Waals surface area contributed by atoms with E-state index in [0.717, 1.165) is 11.0 Å². The largest absolute Gasteiger partial charge is 0.341 e. The summed E-state index contributed by atoms with van der Waals surface area (Å²) >= 11 is 1.31. The molecule has 3 rings (SSSR count). The minimum Gasteiger partial charge on any atom is -0.341 e. The Labute approximate surface area is 157 Å². The summed E-state index contributed by atoms with van der Waals surface area (Å²) in [5, 5.41) is 0.742. The first kappa shape index (κ1) is 18.3. The van der Waals surface area contributed by atoms with Crippen molar-refractivity contribution in [3.8, 4) is 0 Å². The van der Waals surface area contributed by atoms with Crippen molar-refractivity contribution in [3.05, 3.63) is 41.7 Å². The molecule has 138 valence electrons. The molecule has 2 amide bonds. The molecule has 2 heterocycles. The van der Waals surface area contributed by atoms with Crippen LogP contribution in [0, 0.1) is 0 Å². The third-order valence-electron chi connectivity index (χ3n) is 4.44. The highest BCUT2D eigenvalue weighted by atomic mass is 32.1. The van der Waals surface area contributed by atoms with Crippen molar-refractivity contribution in [2.45, 2.75) is 13.3 Å². The van der Waals surface area contributed by atoms with Gasteiger partial charge in [0.05, 0.1) is 6.54 Å². The number of aromatic nitrogens is 2. The third-order valence-corrected chi connectivity index (χ3v) is 5.31. The van der Waals surface area contributed by atoms with Crippen molar-refractivity contribution in [2.24, 2.45) is 0 Å². The van der Waals surface area contributed by atoms with Crippen molar-refractivity contribution in [1.82, 2.24) is 19.2 Å². The fraction of sp³-hybridized carbons (Fsp3) is 0.444. The van der Waals surface area contributed by atoms with Gasteiger partial charge in [-0.05, 0) is 5.56 Å². The number of hydrogen-bond donors (Lipinski definition) is 0. The standard InChI is InChI=1S/C18H23N5O2S/c1-14(24)22-8-10-23(11-9-22)17(25)13-21(2)18-19-16(20-26-18)12-15-6-4-3-5-7-15/h3-7H,8-13H2,1-2H3. The fourth-order valence-electron chi connectivity index (χ4n) is 2.89. The number of hydrogen-bond acceptors (Lipinski definition) is 6. The van der Waals surface area contributed by atoms with Crippen molar-refractivity contribution in [2.75, 3.05) is 44.7 Å². The van der Waals surface area contributed by atoms with Gasteiger partial charge in [0.2, 0.25) is 16.9 Å². The van der Waals surface area contributed by atoms with Gasteiger partial charge in [-0.2, -0.15) is 4.37 Å². The van der Waals surface area contributed by atoms with E-state index in [-0.39, 0.29) is 18.4 Å². The molecule has 1 aliphatic heterocycles. The molecule has 7 nitrogen and oxygen atoms in total. The molecule has 1 aromatic carbocycles. The van der Waals surface area contributed by atoms with Gasteiger partial charge in [-0.3, -0.25) is 9.59 Å². The predicted octanol–water partition coefficient (Wildman–Crippen LogP) is 1.26. The van der Waals surface area contributed by atoms with Gasteiger partial charge in [0.1, 0.15) is 5.82 Å². The summed E-state index contributed by atoms with van der Waals surface area (Å²) in [6, 6.07) is 10.1. The van der Waals surface area contributed by atoms with E-state index in [4.69, 9.17) is 0 Å². The summed E-state index contributed by atoms with van der Waals surface area (Å²) in [6.07, 6.45) is 0.687. The lowest BCUT2D eigenvalue weighted by Crippen LogP contribution is -2.52. The molecule has 26 heavy (non-hydrogen) atoms. The zero-order valence-corrected chi connectivity index (χ0v) is 15.9. The summed E-state index contributed by atoms with van der Waals surface area (Å²) < 4.78 is 4.40. The maximum atomic E-state index is 12.5. The third kappa shape index (κ3) is 4.57. The number of carbonyl (C=O) groups is 2. The maximum absolute atomic E-state index is 12.5. The van der Waals surface area contributed by atoms with Crippen molar-refractivity contribution in [3.63, 3.8) is 0 Å². The first-order valence-corrected chi connectivity index (χ1v) is 9.41. The second-order valence-corrected chi connectivity index (χ2v) is 7.13. The van der Waals surface area contributed by atoms with Gasteiger partial charge in [0, 0.05) is 58.1 Å². The van der Waals surface area contributed by atoms with E-state index < -0.39 is 0 Å². The number of likely N-dealkylation sites (N-methyl/N-ethyl adjacent to an activating group) is 1. The predicted molar refractivity (Wildman–Crippen MR) is 101 cm³/mol. The van der Waals surface area contributed by atoms with Crippen molar-refractivity contribution < 1.29 is 9.59 Å². The maximum Gasteiger partial charge on any atom is 0.242 e. The SMILES string of the molecule is CC(=O)N1CCN(C(=O)CN(C)c2nc(Cc3ccccc3)ns2)CC1. The van der Waals surface area contributed by atoms with Gasteiger partial charge < -0.3 is 14.7 Å². The van der Waals surface area contributed by atoms with Crippen LogP contribution in [0.4, 0.5) is 5.13 Å². The van der Waals surface area contributed by atoms with Gasteiger partial charge in [0.15, 0.2) is 0 Å². The Balaban J connectivity index is 1.53. The molecule has 0 N–H and O–H groups in total. The smallest absolute Gasteiger partial charge is 0.242 e. The number of nitrogens with zero attached hydrogens (tertiary/aromatic N) is 5. The van der Waals surface area contributed by atoms with Gasteiger partial charge in [0.25, 0.3) is 0 Å². The average molecular weight is 373 g/mol. The van der Waals surface area contributed by atoms with E-state index in [1.807, 2.05) is 35.0 Å². The molecule has 2 aromatic rings. The van der Waals surface area contributed by atoms with Gasteiger partial charge in [-0.1, -0.05) is 30.3 Å². The molecule has 0 aliphatic carbocycles. The summed E-state index contributed by atoms with van der Waals surface area (Å²) in [4.78, 5) is 33.8. The van der Waals surface area contributed by atoms with E-state index in [1.165, 1.54) is 17.1 Å². The van der Waals surface area contributed by atoms with Crippen LogP contribution in [0.3, 0.4) is 0 Å². The topological polar surface area (TPSA) is 69.6 Å². The Hall–Kier alpha value is -2.48. The zero-order chi connectivity index (χ0) is 18.5. The Bertz CT molecular complexity index is 756. The average Bonchev–Trinajstić information content (AvgIpc) is 3.11. The lowest BCUT2D eigenvalue weighted by atomic mass is 10.1.